The number of aliphatic carboxylic acids is 1. The standard InChI is InChI=1S/C8H10O5.2C4H9.Sn/c1-2-3-7(11)13-8(12)5-4-6(9)10;2*1-3-4-2;/h4-5H,2-3H2,1H3,(H,9,10);2*1,3-4H2,2H3;/b5-4-;;;. The van der Waals surface area contributed by atoms with Crippen molar-refractivity contribution >= 4 is 39.1 Å². The zero-order valence-corrected chi connectivity index (χ0v) is 16.7. The van der Waals surface area contributed by atoms with Crippen molar-refractivity contribution in [2.24, 2.45) is 0 Å². The molecule has 0 amide bonds. The van der Waals surface area contributed by atoms with E-state index >= 15 is 0 Å². The number of carbonyl (C=O) groups is 3. The molecule has 0 atom stereocenters. The van der Waals surface area contributed by atoms with Crippen molar-refractivity contribution < 1.29 is 24.2 Å². The summed E-state index contributed by atoms with van der Waals surface area (Å²) >= 11 is 0.149. The number of carbonyl (C=O) groups excluding carboxylic acids is 2. The van der Waals surface area contributed by atoms with Crippen LogP contribution in [0.3, 0.4) is 0 Å². The Morgan fingerprint density at radius 3 is 1.91 bits per heavy atom. The van der Waals surface area contributed by atoms with Gasteiger partial charge in [-0.15, -0.1) is 0 Å². The SMILES string of the molecule is CCCC(=O)OC(=O)/C=C\C(=O)O.CCC[CH2][Sn][CH2]CCC. The van der Waals surface area contributed by atoms with Gasteiger partial charge in [-0.1, -0.05) is 6.92 Å². The van der Waals surface area contributed by atoms with Gasteiger partial charge in [-0.2, -0.15) is 0 Å². The Kier molecular flexibility index (Phi) is 19.4. The Hall–Kier alpha value is -0.851. The van der Waals surface area contributed by atoms with Crippen LogP contribution in [0.2, 0.25) is 8.87 Å². The van der Waals surface area contributed by atoms with E-state index in [-0.39, 0.29) is 27.6 Å². The van der Waals surface area contributed by atoms with Gasteiger partial charge in [0.1, 0.15) is 0 Å². The molecule has 0 saturated carbocycles. The summed E-state index contributed by atoms with van der Waals surface area (Å²) in [5, 5.41) is 8.12. The third kappa shape index (κ3) is 21.4. The van der Waals surface area contributed by atoms with E-state index < -0.39 is 17.9 Å². The summed E-state index contributed by atoms with van der Waals surface area (Å²) in [4.78, 5) is 31.2. The van der Waals surface area contributed by atoms with Crippen LogP contribution < -0.4 is 0 Å². The average Bonchev–Trinajstić information content (AvgIpc) is 2.46. The molecule has 1 N–H and O–H groups in total. The van der Waals surface area contributed by atoms with Crippen molar-refractivity contribution in [3.05, 3.63) is 12.2 Å². The van der Waals surface area contributed by atoms with Crippen molar-refractivity contribution in [2.45, 2.75) is 68.2 Å². The van der Waals surface area contributed by atoms with Crippen molar-refractivity contribution in [2.75, 3.05) is 0 Å². The molecular weight excluding hydrogens is 391 g/mol. The minimum atomic E-state index is -1.26. The number of hydrogen-bond donors (Lipinski definition) is 1. The first-order valence-electron chi connectivity index (χ1n) is 7.84. The topological polar surface area (TPSA) is 80.7 Å². The molecule has 0 aliphatic carbocycles. The van der Waals surface area contributed by atoms with E-state index in [0.29, 0.717) is 18.6 Å². The van der Waals surface area contributed by atoms with Gasteiger partial charge in [0.05, 0.1) is 0 Å². The van der Waals surface area contributed by atoms with Gasteiger partial charge in [0.15, 0.2) is 0 Å². The normalized spacial score (nSPS) is 9.95. The van der Waals surface area contributed by atoms with Crippen LogP contribution >= 0.6 is 0 Å². The molecule has 0 aliphatic rings. The second-order valence-electron chi connectivity index (χ2n) is 4.67. The fourth-order valence-corrected chi connectivity index (χ4v) is 5.43. The van der Waals surface area contributed by atoms with Crippen LogP contribution in [-0.2, 0) is 19.1 Å². The fourth-order valence-electron chi connectivity index (χ4n) is 1.27. The molecule has 0 aromatic heterocycles. The summed E-state index contributed by atoms with van der Waals surface area (Å²) in [6.07, 6.45) is 7.87. The van der Waals surface area contributed by atoms with E-state index in [0.717, 1.165) is 0 Å². The molecule has 0 rings (SSSR count). The van der Waals surface area contributed by atoms with E-state index in [4.69, 9.17) is 5.11 Å². The fraction of sp³-hybridized carbons (Fsp3) is 0.688. The van der Waals surface area contributed by atoms with Crippen molar-refractivity contribution in [1.29, 1.82) is 0 Å². The molecule has 0 aliphatic heterocycles. The molecule has 2 radical (unpaired) electrons. The summed E-state index contributed by atoms with van der Waals surface area (Å²) in [5.41, 5.74) is 0. The quantitative estimate of drug-likeness (QED) is 0.192. The zero-order chi connectivity index (χ0) is 17.2. The molecule has 6 heteroatoms. The zero-order valence-electron chi connectivity index (χ0n) is 13.9. The molecule has 5 nitrogen and oxygen atoms in total. The Morgan fingerprint density at radius 1 is 0.955 bits per heavy atom. The molecule has 0 heterocycles. The minimum absolute atomic E-state index is 0.145. The van der Waals surface area contributed by atoms with Gasteiger partial charge >= 0.3 is 87.5 Å². The number of esters is 2. The first-order valence-corrected chi connectivity index (χ1v) is 11.9. The third-order valence-electron chi connectivity index (χ3n) is 2.44. The molecule has 22 heavy (non-hydrogen) atoms. The number of unbranched alkanes of at least 4 members (excludes halogenated alkanes) is 2. The Labute approximate surface area is 143 Å². The number of ether oxygens (including phenoxy) is 1. The predicted molar refractivity (Wildman–Crippen MR) is 88.0 cm³/mol. The van der Waals surface area contributed by atoms with Crippen LogP contribution in [0.15, 0.2) is 12.2 Å². The number of carboxylic acid groups (broad SMARTS) is 1. The molecule has 0 bridgehead atoms. The van der Waals surface area contributed by atoms with Gasteiger partial charge in [-0.05, 0) is 6.42 Å². The van der Waals surface area contributed by atoms with E-state index in [2.05, 4.69) is 18.6 Å². The molecule has 0 saturated heterocycles. The molecule has 0 spiro atoms. The Balaban J connectivity index is 0. The molecular formula is C16H28O5Sn. The van der Waals surface area contributed by atoms with Crippen LogP contribution in [0, 0.1) is 0 Å². The first kappa shape index (κ1) is 23.4. The second-order valence-corrected chi connectivity index (χ2v) is 8.95. The van der Waals surface area contributed by atoms with Crippen LogP contribution in [0.1, 0.15) is 59.3 Å². The van der Waals surface area contributed by atoms with Crippen molar-refractivity contribution in [3.8, 4) is 0 Å². The van der Waals surface area contributed by atoms with Crippen LogP contribution in [-0.4, -0.2) is 44.2 Å². The van der Waals surface area contributed by atoms with E-state index in [1.165, 1.54) is 25.7 Å². The monoisotopic (exact) mass is 420 g/mol. The van der Waals surface area contributed by atoms with Crippen LogP contribution in [0.25, 0.3) is 0 Å². The summed E-state index contributed by atoms with van der Waals surface area (Å²) < 4.78 is 7.46. The van der Waals surface area contributed by atoms with Crippen molar-refractivity contribution in [1.82, 2.24) is 0 Å². The molecule has 0 aromatic rings. The van der Waals surface area contributed by atoms with Gasteiger partial charge in [0.25, 0.3) is 0 Å². The van der Waals surface area contributed by atoms with E-state index in [1.54, 1.807) is 15.8 Å². The summed E-state index contributed by atoms with van der Waals surface area (Å²) in [6, 6.07) is 0. The van der Waals surface area contributed by atoms with Crippen molar-refractivity contribution in [3.63, 3.8) is 0 Å². The van der Waals surface area contributed by atoms with Gasteiger partial charge in [0, 0.05) is 18.6 Å². The summed E-state index contributed by atoms with van der Waals surface area (Å²) in [7, 11) is 0. The second kappa shape index (κ2) is 18.2. The first-order chi connectivity index (χ1) is 10.5. The van der Waals surface area contributed by atoms with Gasteiger partial charge < -0.3 is 9.84 Å². The van der Waals surface area contributed by atoms with Gasteiger partial charge in [0.2, 0.25) is 0 Å². The molecule has 0 fully saturated rings. The maximum atomic E-state index is 10.7. The summed E-state index contributed by atoms with van der Waals surface area (Å²) in [5.74, 6) is -2.87. The van der Waals surface area contributed by atoms with Gasteiger partial charge in [-0.3, -0.25) is 4.79 Å². The van der Waals surface area contributed by atoms with E-state index in [9.17, 15) is 14.4 Å². The van der Waals surface area contributed by atoms with Gasteiger partial charge in [-0.25, -0.2) is 9.59 Å². The Bertz CT molecular complexity index is 333. The maximum absolute atomic E-state index is 10.7. The average molecular weight is 419 g/mol. The number of rotatable bonds is 10. The van der Waals surface area contributed by atoms with Crippen LogP contribution in [0.5, 0.6) is 0 Å². The van der Waals surface area contributed by atoms with E-state index in [1.807, 2.05) is 0 Å². The molecule has 0 unspecified atom stereocenters. The number of carboxylic acids is 1. The predicted octanol–water partition coefficient (Wildman–Crippen LogP) is 3.62. The third-order valence-corrected chi connectivity index (χ3v) is 6.48. The summed E-state index contributed by atoms with van der Waals surface area (Å²) in [6.45, 7) is 6.34. The Morgan fingerprint density at radius 2 is 1.50 bits per heavy atom. The van der Waals surface area contributed by atoms with Crippen LogP contribution in [0.4, 0.5) is 0 Å². The number of hydrogen-bond acceptors (Lipinski definition) is 4. The molecule has 0 aromatic carbocycles. The molecule has 126 valence electrons.